The van der Waals surface area contributed by atoms with Crippen molar-refractivity contribution in [1.82, 2.24) is 10.2 Å². The van der Waals surface area contributed by atoms with Gasteiger partial charge in [-0.25, -0.2) is 0 Å². The fourth-order valence-electron chi connectivity index (χ4n) is 2.27. The molecule has 0 aromatic heterocycles. The first-order valence-electron chi connectivity index (χ1n) is 6.89. The molecule has 110 valence electrons. The minimum atomic E-state index is 0. The largest absolute Gasteiger partial charge is 0.370 e. The lowest BCUT2D eigenvalue weighted by atomic mass is 10.1. The van der Waals surface area contributed by atoms with Gasteiger partial charge in [-0.05, 0) is 18.8 Å². The Morgan fingerprint density at radius 2 is 2.21 bits per heavy atom. The summed E-state index contributed by atoms with van der Waals surface area (Å²) in [6.45, 7) is 6.60. The molecule has 0 radical (unpaired) electrons. The molecule has 1 saturated heterocycles. The topological polar surface area (TPSA) is 70.7 Å². The number of aliphatic imine (C=N–C) groups is 1. The molecule has 0 bridgehead atoms. The van der Waals surface area contributed by atoms with E-state index in [1.54, 1.807) is 0 Å². The Balaban J connectivity index is 0.00000180. The lowest BCUT2D eigenvalue weighted by Gasteiger charge is -2.15. The summed E-state index contributed by atoms with van der Waals surface area (Å²) >= 11 is 0. The first-order chi connectivity index (χ1) is 8.56. The van der Waals surface area contributed by atoms with Gasteiger partial charge in [0.25, 0.3) is 0 Å². The van der Waals surface area contributed by atoms with Crippen molar-refractivity contribution in [2.24, 2.45) is 22.6 Å². The summed E-state index contributed by atoms with van der Waals surface area (Å²) in [5, 5.41) is 3.13. The second-order valence-electron chi connectivity index (χ2n) is 5.85. The number of guanidine groups is 1. The predicted octanol–water partition coefficient (Wildman–Crippen LogP) is 1.18. The van der Waals surface area contributed by atoms with Gasteiger partial charge in [-0.1, -0.05) is 13.8 Å². The molecule has 1 aliphatic heterocycles. The molecule has 0 spiro atoms. The molecular weight excluding hydrogens is 355 g/mol. The van der Waals surface area contributed by atoms with Crippen LogP contribution in [-0.4, -0.2) is 42.4 Å². The molecule has 1 heterocycles. The number of rotatable bonds is 5. The van der Waals surface area contributed by atoms with Crippen LogP contribution in [0.1, 0.15) is 33.1 Å². The smallest absolute Gasteiger partial charge is 0.223 e. The first-order valence-corrected chi connectivity index (χ1v) is 6.89. The van der Waals surface area contributed by atoms with Gasteiger partial charge in [-0.3, -0.25) is 9.79 Å². The maximum absolute atomic E-state index is 11.8. The SMILES string of the molecule is CC(C)CN=C(N)NCC1CC(=O)N(C2CC2)C1.I. The summed E-state index contributed by atoms with van der Waals surface area (Å²) in [4.78, 5) is 18.1. The molecule has 6 heteroatoms. The maximum Gasteiger partial charge on any atom is 0.223 e. The molecule has 5 nitrogen and oxygen atoms in total. The van der Waals surface area contributed by atoms with Crippen LogP contribution in [0, 0.1) is 11.8 Å². The van der Waals surface area contributed by atoms with Gasteiger partial charge in [0.05, 0.1) is 0 Å². The molecule has 2 rings (SSSR count). The zero-order chi connectivity index (χ0) is 13.1. The maximum atomic E-state index is 11.8. The van der Waals surface area contributed by atoms with Crippen molar-refractivity contribution < 1.29 is 4.79 Å². The average molecular weight is 380 g/mol. The highest BCUT2D eigenvalue weighted by atomic mass is 127. The zero-order valence-corrected chi connectivity index (χ0v) is 14.1. The van der Waals surface area contributed by atoms with Crippen molar-refractivity contribution in [2.75, 3.05) is 19.6 Å². The van der Waals surface area contributed by atoms with Crippen LogP contribution in [-0.2, 0) is 4.79 Å². The number of halogens is 1. The molecule has 1 amide bonds. The van der Waals surface area contributed by atoms with Crippen molar-refractivity contribution in [2.45, 2.75) is 39.2 Å². The van der Waals surface area contributed by atoms with Crippen LogP contribution < -0.4 is 11.1 Å². The summed E-state index contributed by atoms with van der Waals surface area (Å²) in [6, 6.07) is 0.537. The van der Waals surface area contributed by atoms with Gasteiger partial charge in [0.15, 0.2) is 5.96 Å². The van der Waals surface area contributed by atoms with E-state index in [4.69, 9.17) is 5.73 Å². The fourth-order valence-corrected chi connectivity index (χ4v) is 2.27. The van der Waals surface area contributed by atoms with Gasteiger partial charge in [-0.2, -0.15) is 0 Å². The number of carbonyl (C=O) groups is 1. The lowest BCUT2D eigenvalue weighted by Crippen LogP contribution is -2.36. The monoisotopic (exact) mass is 380 g/mol. The standard InChI is InChI=1S/C13H24N4O.HI/c1-9(2)6-15-13(14)16-7-10-5-12(18)17(8-10)11-3-4-11;/h9-11H,3-8H2,1-2H3,(H3,14,15,16);1H. The van der Waals surface area contributed by atoms with E-state index in [2.05, 4.69) is 24.2 Å². The van der Waals surface area contributed by atoms with Crippen molar-refractivity contribution in [3.8, 4) is 0 Å². The molecule has 2 fully saturated rings. The number of carbonyl (C=O) groups excluding carboxylic acids is 1. The predicted molar refractivity (Wildman–Crippen MR) is 87.6 cm³/mol. The third kappa shape index (κ3) is 5.16. The number of nitrogens with one attached hydrogen (secondary N) is 1. The minimum absolute atomic E-state index is 0. The van der Waals surface area contributed by atoms with E-state index >= 15 is 0 Å². The molecule has 1 unspecified atom stereocenters. The van der Waals surface area contributed by atoms with Crippen molar-refractivity contribution in [3.05, 3.63) is 0 Å². The van der Waals surface area contributed by atoms with Gasteiger partial charge < -0.3 is 16.0 Å². The molecular formula is C13H25IN4O. The lowest BCUT2D eigenvalue weighted by molar-refractivity contribution is -0.128. The second kappa shape index (κ2) is 7.31. The van der Waals surface area contributed by atoms with Crippen LogP contribution in [0.3, 0.4) is 0 Å². The number of nitrogens with two attached hydrogens (primary N) is 1. The highest BCUT2D eigenvalue weighted by molar-refractivity contribution is 14.0. The van der Waals surface area contributed by atoms with Crippen LogP contribution in [0.25, 0.3) is 0 Å². The van der Waals surface area contributed by atoms with Crippen LogP contribution in [0.2, 0.25) is 0 Å². The van der Waals surface area contributed by atoms with Gasteiger partial charge in [0.2, 0.25) is 5.91 Å². The number of hydrogen-bond acceptors (Lipinski definition) is 2. The fraction of sp³-hybridized carbons (Fsp3) is 0.846. The van der Waals surface area contributed by atoms with Gasteiger partial charge in [-0.15, -0.1) is 24.0 Å². The zero-order valence-electron chi connectivity index (χ0n) is 11.8. The van der Waals surface area contributed by atoms with Gasteiger partial charge in [0.1, 0.15) is 0 Å². The molecule has 2 aliphatic rings. The summed E-state index contributed by atoms with van der Waals surface area (Å²) < 4.78 is 0. The first kappa shape index (κ1) is 16.5. The van der Waals surface area contributed by atoms with E-state index in [9.17, 15) is 4.79 Å². The highest BCUT2D eigenvalue weighted by Crippen LogP contribution is 2.32. The Kier molecular flexibility index (Phi) is 6.35. The summed E-state index contributed by atoms with van der Waals surface area (Å²) in [7, 11) is 0. The highest BCUT2D eigenvalue weighted by Gasteiger charge is 2.38. The molecule has 1 atom stereocenters. The Hall–Kier alpha value is -0.530. The molecule has 1 aliphatic carbocycles. The van der Waals surface area contributed by atoms with Crippen LogP contribution in [0.4, 0.5) is 0 Å². The van der Waals surface area contributed by atoms with Crippen LogP contribution in [0.5, 0.6) is 0 Å². The minimum Gasteiger partial charge on any atom is -0.370 e. The van der Waals surface area contributed by atoms with E-state index in [1.807, 2.05) is 4.90 Å². The molecule has 0 aromatic carbocycles. The molecule has 1 saturated carbocycles. The summed E-state index contributed by atoms with van der Waals surface area (Å²) in [5.74, 6) is 1.71. The number of amides is 1. The van der Waals surface area contributed by atoms with E-state index in [1.165, 1.54) is 12.8 Å². The van der Waals surface area contributed by atoms with E-state index in [0.29, 0.717) is 36.2 Å². The van der Waals surface area contributed by atoms with Crippen molar-refractivity contribution in [3.63, 3.8) is 0 Å². The molecule has 3 N–H and O–H groups in total. The van der Waals surface area contributed by atoms with Crippen LogP contribution in [0.15, 0.2) is 4.99 Å². The van der Waals surface area contributed by atoms with E-state index < -0.39 is 0 Å². The number of hydrogen-bond donors (Lipinski definition) is 2. The second-order valence-corrected chi connectivity index (χ2v) is 5.85. The van der Waals surface area contributed by atoms with Gasteiger partial charge in [0, 0.05) is 38.0 Å². The molecule has 0 aromatic rings. The normalized spacial score (nSPS) is 23.7. The van der Waals surface area contributed by atoms with E-state index in [-0.39, 0.29) is 24.0 Å². The number of likely N-dealkylation sites (tertiary alicyclic amines) is 1. The molecule has 19 heavy (non-hydrogen) atoms. The Morgan fingerprint density at radius 3 is 2.79 bits per heavy atom. The average Bonchev–Trinajstić information content (AvgIpc) is 3.08. The Bertz CT molecular complexity index is 342. The van der Waals surface area contributed by atoms with Crippen molar-refractivity contribution in [1.29, 1.82) is 0 Å². The van der Waals surface area contributed by atoms with Crippen LogP contribution >= 0.6 is 24.0 Å². The third-order valence-electron chi connectivity index (χ3n) is 3.42. The third-order valence-corrected chi connectivity index (χ3v) is 3.42. The quantitative estimate of drug-likeness (QED) is 0.428. The summed E-state index contributed by atoms with van der Waals surface area (Å²) in [6.07, 6.45) is 3.02. The number of nitrogens with zero attached hydrogens (tertiary/aromatic N) is 2. The van der Waals surface area contributed by atoms with E-state index in [0.717, 1.165) is 19.6 Å². The van der Waals surface area contributed by atoms with Crippen molar-refractivity contribution >= 4 is 35.8 Å². The Labute approximate surface area is 132 Å². The summed E-state index contributed by atoms with van der Waals surface area (Å²) in [5.41, 5.74) is 5.78. The Morgan fingerprint density at radius 1 is 1.53 bits per heavy atom. The van der Waals surface area contributed by atoms with Gasteiger partial charge >= 0.3 is 0 Å².